The van der Waals surface area contributed by atoms with Crippen molar-refractivity contribution in [1.82, 2.24) is 0 Å². The van der Waals surface area contributed by atoms with Crippen LogP contribution in [0.4, 0.5) is 0 Å². The van der Waals surface area contributed by atoms with E-state index >= 15 is 0 Å². The lowest BCUT2D eigenvalue weighted by atomic mass is 10.0. The van der Waals surface area contributed by atoms with Crippen LogP contribution < -0.4 is 0 Å². The molecule has 0 N–H and O–H groups in total. The first-order valence-electron chi connectivity index (χ1n) is 3.42. The molecular weight excluding hydrogens is 148 g/mol. The van der Waals surface area contributed by atoms with Crippen LogP contribution in [0.1, 0.15) is 12.8 Å². The number of methoxy groups -OCH3 is 1. The van der Waals surface area contributed by atoms with Gasteiger partial charge in [-0.15, -0.1) is 0 Å². The second kappa shape index (κ2) is 3.39. The minimum absolute atomic E-state index is 0.455. The molecular formula is C7H12O2S. The number of ether oxygens (including phenoxy) is 1. The number of carbonyl (C=O) groups is 1. The lowest BCUT2D eigenvalue weighted by Crippen LogP contribution is -2.38. The van der Waals surface area contributed by atoms with E-state index in [1.165, 1.54) is 5.75 Å². The van der Waals surface area contributed by atoms with Gasteiger partial charge in [-0.1, -0.05) is 0 Å². The van der Waals surface area contributed by atoms with Crippen LogP contribution >= 0.6 is 11.8 Å². The second-order valence-corrected chi connectivity index (χ2v) is 3.65. The molecule has 1 atom stereocenters. The minimum atomic E-state index is -0.455. The molecule has 1 unspecified atom stereocenters. The molecule has 10 heavy (non-hydrogen) atoms. The van der Waals surface area contributed by atoms with Crippen LogP contribution in [-0.2, 0) is 9.53 Å². The third kappa shape index (κ3) is 1.52. The monoisotopic (exact) mass is 160 g/mol. The summed E-state index contributed by atoms with van der Waals surface area (Å²) < 4.78 is 5.14. The van der Waals surface area contributed by atoms with Crippen molar-refractivity contribution in [3.8, 4) is 0 Å². The van der Waals surface area contributed by atoms with Gasteiger partial charge in [0.05, 0.1) is 0 Å². The molecule has 2 nitrogen and oxygen atoms in total. The normalized spacial score (nSPS) is 33.7. The van der Waals surface area contributed by atoms with Gasteiger partial charge in [-0.3, -0.25) is 0 Å². The number of hydrogen-bond donors (Lipinski definition) is 0. The fourth-order valence-corrected chi connectivity index (χ4v) is 2.26. The average molecular weight is 160 g/mol. The van der Waals surface area contributed by atoms with Gasteiger partial charge in [-0.25, -0.2) is 0 Å². The maximum Gasteiger partial charge on any atom is 0.152 e. The van der Waals surface area contributed by atoms with E-state index in [1.54, 1.807) is 18.9 Å². The molecule has 1 rings (SSSR count). The highest BCUT2D eigenvalue weighted by Gasteiger charge is 2.31. The summed E-state index contributed by atoms with van der Waals surface area (Å²) in [6, 6.07) is 0. The van der Waals surface area contributed by atoms with Crippen molar-refractivity contribution >= 4 is 18.0 Å². The Morgan fingerprint density at radius 2 is 2.50 bits per heavy atom. The topological polar surface area (TPSA) is 26.3 Å². The van der Waals surface area contributed by atoms with Gasteiger partial charge in [-0.05, 0) is 18.6 Å². The molecule has 0 aromatic rings. The van der Waals surface area contributed by atoms with Crippen LogP contribution in [0.3, 0.4) is 0 Å². The molecule has 0 amide bonds. The predicted molar refractivity (Wildman–Crippen MR) is 42.4 cm³/mol. The zero-order chi connectivity index (χ0) is 7.45. The molecule has 0 bridgehead atoms. The molecule has 1 aliphatic heterocycles. The summed E-state index contributed by atoms with van der Waals surface area (Å²) in [5, 5.41) is 0. The summed E-state index contributed by atoms with van der Waals surface area (Å²) >= 11 is 1.79. The highest BCUT2D eigenvalue weighted by Crippen LogP contribution is 2.27. The van der Waals surface area contributed by atoms with Crippen molar-refractivity contribution in [3.63, 3.8) is 0 Å². The lowest BCUT2D eigenvalue weighted by Gasteiger charge is -2.29. The average Bonchev–Trinajstić information content (AvgIpc) is 2.06. The Morgan fingerprint density at radius 1 is 1.70 bits per heavy atom. The minimum Gasteiger partial charge on any atom is -0.370 e. The van der Waals surface area contributed by atoms with E-state index in [0.717, 1.165) is 24.9 Å². The zero-order valence-corrected chi connectivity index (χ0v) is 6.95. The molecule has 58 valence electrons. The first-order valence-corrected chi connectivity index (χ1v) is 4.58. The Balaban J connectivity index is 2.52. The van der Waals surface area contributed by atoms with Gasteiger partial charge in [0.15, 0.2) is 6.29 Å². The smallest absolute Gasteiger partial charge is 0.152 e. The number of hydrogen-bond acceptors (Lipinski definition) is 3. The van der Waals surface area contributed by atoms with Crippen molar-refractivity contribution in [2.75, 3.05) is 18.6 Å². The number of rotatable bonds is 2. The molecule has 0 saturated carbocycles. The largest absolute Gasteiger partial charge is 0.370 e. The molecule has 0 aromatic carbocycles. The van der Waals surface area contributed by atoms with Gasteiger partial charge >= 0.3 is 0 Å². The van der Waals surface area contributed by atoms with Crippen LogP contribution in [0.5, 0.6) is 0 Å². The Hall–Kier alpha value is -0.0200. The summed E-state index contributed by atoms with van der Waals surface area (Å²) in [7, 11) is 1.61. The number of carbonyl (C=O) groups excluding carboxylic acids is 1. The van der Waals surface area contributed by atoms with E-state index in [-0.39, 0.29) is 0 Å². The molecule has 0 spiro atoms. The van der Waals surface area contributed by atoms with Gasteiger partial charge in [0.1, 0.15) is 5.60 Å². The molecule has 3 heteroatoms. The summed E-state index contributed by atoms with van der Waals surface area (Å²) in [6.07, 6.45) is 2.93. The van der Waals surface area contributed by atoms with E-state index in [0.29, 0.717) is 0 Å². The number of aldehydes is 1. The van der Waals surface area contributed by atoms with Gasteiger partial charge in [0, 0.05) is 12.9 Å². The Morgan fingerprint density at radius 3 is 2.80 bits per heavy atom. The molecule has 0 radical (unpaired) electrons. The third-order valence-electron chi connectivity index (χ3n) is 1.86. The quantitative estimate of drug-likeness (QED) is 0.566. The van der Waals surface area contributed by atoms with Gasteiger partial charge in [-0.2, -0.15) is 11.8 Å². The second-order valence-electron chi connectivity index (χ2n) is 2.54. The maximum atomic E-state index is 10.6. The van der Waals surface area contributed by atoms with Crippen LogP contribution in [-0.4, -0.2) is 30.5 Å². The zero-order valence-electron chi connectivity index (χ0n) is 6.13. The van der Waals surface area contributed by atoms with E-state index in [4.69, 9.17) is 4.74 Å². The van der Waals surface area contributed by atoms with Crippen LogP contribution in [0, 0.1) is 0 Å². The predicted octanol–water partition coefficient (Wildman–Crippen LogP) is 1.10. The molecule has 0 aliphatic carbocycles. The molecule has 1 saturated heterocycles. The fraction of sp³-hybridized carbons (Fsp3) is 0.857. The van der Waals surface area contributed by atoms with Crippen molar-refractivity contribution in [2.24, 2.45) is 0 Å². The van der Waals surface area contributed by atoms with E-state index in [2.05, 4.69) is 0 Å². The summed E-state index contributed by atoms with van der Waals surface area (Å²) in [6.45, 7) is 0. The fourth-order valence-electron chi connectivity index (χ4n) is 1.09. The standard InChI is InChI=1S/C7H12O2S/c1-9-7(5-8)3-2-4-10-6-7/h5H,2-4,6H2,1H3. The summed E-state index contributed by atoms with van der Waals surface area (Å²) in [5.74, 6) is 1.99. The first kappa shape index (κ1) is 8.08. The van der Waals surface area contributed by atoms with Crippen molar-refractivity contribution in [2.45, 2.75) is 18.4 Å². The molecule has 1 aliphatic rings. The highest BCUT2D eigenvalue weighted by molar-refractivity contribution is 7.99. The van der Waals surface area contributed by atoms with Crippen molar-refractivity contribution in [3.05, 3.63) is 0 Å². The first-order chi connectivity index (χ1) is 4.83. The van der Waals surface area contributed by atoms with Gasteiger partial charge < -0.3 is 9.53 Å². The third-order valence-corrected chi connectivity index (χ3v) is 3.13. The van der Waals surface area contributed by atoms with Gasteiger partial charge in [0.2, 0.25) is 0 Å². The van der Waals surface area contributed by atoms with Crippen LogP contribution in [0.2, 0.25) is 0 Å². The van der Waals surface area contributed by atoms with E-state index < -0.39 is 5.60 Å². The Kier molecular flexibility index (Phi) is 2.74. The van der Waals surface area contributed by atoms with Gasteiger partial charge in [0.25, 0.3) is 0 Å². The molecule has 1 heterocycles. The summed E-state index contributed by atoms with van der Waals surface area (Å²) in [5.41, 5.74) is -0.455. The Bertz CT molecular complexity index is 119. The maximum absolute atomic E-state index is 10.6. The number of thioether (sulfide) groups is 1. The molecule has 0 aromatic heterocycles. The van der Waals surface area contributed by atoms with Crippen molar-refractivity contribution in [1.29, 1.82) is 0 Å². The van der Waals surface area contributed by atoms with Crippen LogP contribution in [0.25, 0.3) is 0 Å². The Labute approximate surface area is 65.3 Å². The van der Waals surface area contributed by atoms with Crippen LogP contribution in [0.15, 0.2) is 0 Å². The SMILES string of the molecule is COC1(C=O)CCCSC1. The van der Waals surface area contributed by atoms with E-state index in [1.807, 2.05) is 0 Å². The van der Waals surface area contributed by atoms with E-state index in [9.17, 15) is 4.79 Å². The molecule has 1 fully saturated rings. The lowest BCUT2D eigenvalue weighted by molar-refractivity contribution is -0.126. The van der Waals surface area contributed by atoms with Crippen molar-refractivity contribution < 1.29 is 9.53 Å². The summed E-state index contributed by atoms with van der Waals surface area (Å²) in [4.78, 5) is 10.6. The highest BCUT2D eigenvalue weighted by atomic mass is 32.2.